The van der Waals surface area contributed by atoms with Gasteiger partial charge in [0, 0.05) is 36.6 Å². The summed E-state index contributed by atoms with van der Waals surface area (Å²) in [7, 11) is -3.77. The van der Waals surface area contributed by atoms with Crippen LogP contribution in [0, 0.1) is 0 Å². The average Bonchev–Trinajstić information content (AvgIpc) is 3.20. The summed E-state index contributed by atoms with van der Waals surface area (Å²) in [5, 5.41) is 3.31. The number of carbonyl (C=O) groups excluding carboxylic acids is 2. The molecule has 0 aliphatic carbocycles. The standard InChI is InChI=1S/C25H31N3O5S2.ClH/c1-5-14-28(15-6-2)35(31,32)19-11-9-18(10-12-19)23(29)26-24-22(25(30)33-8-4)20-13-16-27(7-3)17-21(20)34-24;/h5-6,9-12H,1-2,7-8,13-17H2,3-4H3,(H,26,29);1H. The number of hydrogen-bond donors (Lipinski definition) is 1. The number of hydrogen-bond acceptors (Lipinski definition) is 7. The molecule has 196 valence electrons. The highest BCUT2D eigenvalue weighted by atomic mass is 35.5. The van der Waals surface area contributed by atoms with Gasteiger partial charge in [-0.05, 0) is 49.7 Å². The number of anilines is 1. The van der Waals surface area contributed by atoms with Gasteiger partial charge in [0.1, 0.15) is 5.00 Å². The zero-order valence-corrected chi connectivity index (χ0v) is 22.9. The Morgan fingerprint density at radius 2 is 1.81 bits per heavy atom. The molecule has 1 aliphatic rings. The molecule has 8 nitrogen and oxygen atoms in total. The minimum absolute atomic E-state index is 0. The Balaban J connectivity index is 0.00000456. The second-order valence-corrected chi connectivity index (χ2v) is 11.0. The number of nitrogens with one attached hydrogen (secondary N) is 1. The molecule has 0 atom stereocenters. The molecule has 0 spiro atoms. The van der Waals surface area contributed by atoms with Crippen LogP contribution >= 0.6 is 23.7 Å². The number of thiophene rings is 1. The maximum atomic E-state index is 13.0. The van der Waals surface area contributed by atoms with Crippen molar-refractivity contribution >= 4 is 50.6 Å². The van der Waals surface area contributed by atoms with E-state index in [2.05, 4.69) is 30.3 Å². The molecule has 2 heterocycles. The maximum absolute atomic E-state index is 13.0. The third kappa shape index (κ3) is 6.43. The van der Waals surface area contributed by atoms with E-state index in [1.54, 1.807) is 6.92 Å². The second-order valence-electron chi connectivity index (χ2n) is 7.93. The summed E-state index contributed by atoms with van der Waals surface area (Å²) >= 11 is 1.38. The predicted octanol–water partition coefficient (Wildman–Crippen LogP) is 4.34. The number of nitrogens with zero attached hydrogens (tertiary/aromatic N) is 2. The summed E-state index contributed by atoms with van der Waals surface area (Å²) in [6, 6.07) is 5.71. The van der Waals surface area contributed by atoms with Crippen LogP contribution in [-0.2, 0) is 27.7 Å². The van der Waals surface area contributed by atoms with E-state index in [0.717, 1.165) is 30.1 Å². The van der Waals surface area contributed by atoms with Gasteiger partial charge in [-0.3, -0.25) is 9.69 Å². The number of carbonyl (C=O) groups is 2. The Morgan fingerprint density at radius 1 is 1.17 bits per heavy atom. The lowest BCUT2D eigenvalue weighted by Crippen LogP contribution is -2.31. The summed E-state index contributed by atoms with van der Waals surface area (Å²) in [5.74, 6) is -0.879. The first-order valence-electron chi connectivity index (χ1n) is 11.4. The van der Waals surface area contributed by atoms with Gasteiger partial charge in [-0.1, -0.05) is 19.1 Å². The Labute approximate surface area is 223 Å². The number of halogens is 1. The van der Waals surface area contributed by atoms with Crippen LogP contribution in [0.1, 0.15) is 45.0 Å². The lowest BCUT2D eigenvalue weighted by Gasteiger charge is -2.25. The molecule has 3 rings (SSSR count). The summed E-state index contributed by atoms with van der Waals surface area (Å²) < 4.78 is 32.3. The molecule has 2 aromatic rings. The second kappa shape index (κ2) is 13.2. The van der Waals surface area contributed by atoms with Gasteiger partial charge in [0.25, 0.3) is 5.91 Å². The van der Waals surface area contributed by atoms with E-state index in [1.807, 2.05) is 0 Å². The molecule has 1 aromatic heterocycles. The molecule has 1 amide bonds. The molecule has 0 bridgehead atoms. The van der Waals surface area contributed by atoms with Gasteiger partial charge in [-0.15, -0.1) is 36.9 Å². The van der Waals surface area contributed by atoms with Gasteiger partial charge < -0.3 is 10.1 Å². The molecule has 1 aliphatic heterocycles. The molecule has 0 saturated carbocycles. The first-order valence-corrected chi connectivity index (χ1v) is 13.7. The number of fused-ring (bicyclic) bond motifs is 1. The van der Waals surface area contributed by atoms with Crippen LogP contribution in [0.4, 0.5) is 5.00 Å². The van der Waals surface area contributed by atoms with Crippen LogP contribution in [0.15, 0.2) is 54.5 Å². The van der Waals surface area contributed by atoms with Crippen molar-refractivity contribution in [3.05, 3.63) is 71.1 Å². The SMILES string of the molecule is C=CCN(CC=C)S(=O)(=O)c1ccc(C(=O)Nc2sc3c(c2C(=O)OCC)CCN(CC)C3)cc1.Cl. The fraction of sp³-hybridized carbons (Fsp3) is 0.360. The zero-order chi connectivity index (χ0) is 25.6. The number of amides is 1. The number of sulfonamides is 1. The van der Waals surface area contributed by atoms with Crippen molar-refractivity contribution in [3.63, 3.8) is 0 Å². The van der Waals surface area contributed by atoms with E-state index in [1.165, 1.54) is 52.1 Å². The number of likely N-dealkylation sites (N-methyl/N-ethyl adjacent to an activating group) is 1. The highest BCUT2D eigenvalue weighted by Gasteiger charge is 2.29. The molecule has 0 unspecified atom stereocenters. The van der Waals surface area contributed by atoms with Crippen LogP contribution in [-0.4, -0.2) is 62.3 Å². The van der Waals surface area contributed by atoms with Gasteiger partial charge in [0.2, 0.25) is 10.0 Å². The molecule has 0 fully saturated rings. The zero-order valence-electron chi connectivity index (χ0n) is 20.5. The summed E-state index contributed by atoms with van der Waals surface area (Å²) in [5.41, 5.74) is 1.62. The summed E-state index contributed by atoms with van der Waals surface area (Å²) in [6.07, 6.45) is 3.72. The number of ether oxygens (including phenoxy) is 1. The van der Waals surface area contributed by atoms with Crippen molar-refractivity contribution in [1.29, 1.82) is 0 Å². The van der Waals surface area contributed by atoms with E-state index in [4.69, 9.17) is 4.74 Å². The first kappa shape index (κ1) is 29.7. The smallest absolute Gasteiger partial charge is 0.341 e. The Hall–Kier alpha value is -2.50. The van der Waals surface area contributed by atoms with Crippen molar-refractivity contribution in [2.75, 3.05) is 38.1 Å². The van der Waals surface area contributed by atoms with Crippen molar-refractivity contribution in [2.45, 2.75) is 31.7 Å². The third-order valence-corrected chi connectivity index (χ3v) is 8.69. The quantitative estimate of drug-likeness (QED) is 0.328. The van der Waals surface area contributed by atoms with Crippen LogP contribution < -0.4 is 5.32 Å². The first-order chi connectivity index (χ1) is 16.8. The third-order valence-electron chi connectivity index (χ3n) is 5.71. The van der Waals surface area contributed by atoms with Crippen LogP contribution in [0.3, 0.4) is 0 Å². The van der Waals surface area contributed by atoms with Crippen molar-refractivity contribution in [3.8, 4) is 0 Å². The van der Waals surface area contributed by atoms with Crippen LogP contribution in [0.2, 0.25) is 0 Å². The average molecular weight is 554 g/mol. The molecule has 0 saturated heterocycles. The van der Waals surface area contributed by atoms with E-state index < -0.39 is 21.9 Å². The van der Waals surface area contributed by atoms with Gasteiger partial charge in [-0.25, -0.2) is 13.2 Å². The number of benzene rings is 1. The highest BCUT2D eigenvalue weighted by Crippen LogP contribution is 2.38. The fourth-order valence-electron chi connectivity index (χ4n) is 3.89. The molecule has 36 heavy (non-hydrogen) atoms. The molecule has 0 radical (unpaired) electrons. The Morgan fingerprint density at radius 3 is 2.36 bits per heavy atom. The Bertz CT molecular complexity index is 1200. The fourth-order valence-corrected chi connectivity index (χ4v) is 6.55. The number of esters is 1. The van der Waals surface area contributed by atoms with E-state index in [9.17, 15) is 18.0 Å². The lowest BCUT2D eigenvalue weighted by atomic mass is 10.0. The largest absolute Gasteiger partial charge is 0.462 e. The topological polar surface area (TPSA) is 96.0 Å². The molecule has 1 aromatic carbocycles. The minimum Gasteiger partial charge on any atom is -0.462 e. The monoisotopic (exact) mass is 553 g/mol. The van der Waals surface area contributed by atoms with E-state index in [-0.39, 0.29) is 42.6 Å². The molecular weight excluding hydrogens is 522 g/mol. The van der Waals surface area contributed by atoms with Gasteiger partial charge in [0.05, 0.1) is 17.1 Å². The Kier molecular flexibility index (Phi) is 10.9. The van der Waals surface area contributed by atoms with Crippen molar-refractivity contribution < 1.29 is 22.7 Å². The molecule has 11 heteroatoms. The lowest BCUT2D eigenvalue weighted by molar-refractivity contribution is 0.0526. The maximum Gasteiger partial charge on any atom is 0.341 e. The molecule has 1 N–H and O–H groups in total. The summed E-state index contributed by atoms with van der Waals surface area (Å²) in [6.45, 7) is 14.0. The van der Waals surface area contributed by atoms with Crippen LogP contribution in [0.5, 0.6) is 0 Å². The van der Waals surface area contributed by atoms with Gasteiger partial charge >= 0.3 is 5.97 Å². The minimum atomic E-state index is -3.77. The highest BCUT2D eigenvalue weighted by molar-refractivity contribution is 7.89. The van der Waals surface area contributed by atoms with Crippen molar-refractivity contribution in [1.82, 2.24) is 9.21 Å². The van der Waals surface area contributed by atoms with Gasteiger partial charge in [0.15, 0.2) is 0 Å². The normalized spacial score (nSPS) is 13.4. The van der Waals surface area contributed by atoms with Gasteiger partial charge in [-0.2, -0.15) is 4.31 Å². The summed E-state index contributed by atoms with van der Waals surface area (Å²) in [4.78, 5) is 29.1. The number of rotatable bonds is 11. The van der Waals surface area contributed by atoms with E-state index >= 15 is 0 Å². The van der Waals surface area contributed by atoms with Crippen molar-refractivity contribution in [2.24, 2.45) is 0 Å². The van der Waals surface area contributed by atoms with E-state index in [0.29, 0.717) is 17.0 Å². The molecular formula is C25H32ClN3O5S2. The van der Waals surface area contributed by atoms with Crippen LogP contribution in [0.25, 0.3) is 0 Å². The predicted molar refractivity (Wildman–Crippen MR) is 146 cm³/mol.